The topological polar surface area (TPSA) is 91.6 Å². The number of furan rings is 1. The Kier molecular flexibility index (Phi) is 7.21. The van der Waals surface area contributed by atoms with Gasteiger partial charge in [-0.25, -0.2) is 4.39 Å². The molecule has 0 radical (unpaired) electrons. The van der Waals surface area contributed by atoms with E-state index in [1.807, 2.05) is 0 Å². The number of phenols is 1. The van der Waals surface area contributed by atoms with E-state index in [1.165, 1.54) is 18.2 Å². The van der Waals surface area contributed by atoms with E-state index in [4.69, 9.17) is 4.42 Å². The molecule has 0 saturated carbocycles. The Balaban J connectivity index is 1.34. The smallest absolute Gasteiger partial charge is 0.251 e. The van der Waals surface area contributed by atoms with Crippen LogP contribution in [0.5, 0.6) is 5.75 Å². The van der Waals surface area contributed by atoms with Crippen LogP contribution < -0.4 is 10.6 Å². The molecule has 7 heteroatoms. The largest absolute Gasteiger partial charge is 0.508 e. The van der Waals surface area contributed by atoms with E-state index in [0.717, 1.165) is 0 Å². The summed E-state index contributed by atoms with van der Waals surface area (Å²) in [6.45, 7) is 0.830. The Morgan fingerprint density at radius 2 is 1.77 bits per heavy atom. The summed E-state index contributed by atoms with van der Waals surface area (Å²) in [6, 6.07) is 15.9. The lowest BCUT2D eigenvalue weighted by Crippen LogP contribution is -2.29. The summed E-state index contributed by atoms with van der Waals surface area (Å²) in [5.74, 6) is 0.325. The molecule has 2 aromatic carbocycles. The van der Waals surface area contributed by atoms with Gasteiger partial charge in [0.2, 0.25) is 5.91 Å². The van der Waals surface area contributed by atoms with E-state index in [9.17, 15) is 19.1 Å². The van der Waals surface area contributed by atoms with Gasteiger partial charge in [-0.05, 0) is 48.9 Å². The second-order valence-corrected chi connectivity index (χ2v) is 6.76. The van der Waals surface area contributed by atoms with Crippen LogP contribution in [0.1, 0.15) is 29.0 Å². The van der Waals surface area contributed by atoms with Gasteiger partial charge < -0.3 is 20.2 Å². The quantitative estimate of drug-likeness (QED) is 0.470. The van der Waals surface area contributed by atoms with Crippen molar-refractivity contribution in [1.82, 2.24) is 10.6 Å². The van der Waals surface area contributed by atoms with Gasteiger partial charge >= 0.3 is 0 Å². The number of hydrogen-bond donors (Lipinski definition) is 3. The first-order valence-corrected chi connectivity index (χ1v) is 9.70. The summed E-state index contributed by atoms with van der Waals surface area (Å²) >= 11 is 0. The van der Waals surface area contributed by atoms with Crippen LogP contribution in [-0.2, 0) is 11.2 Å². The molecule has 30 heavy (non-hydrogen) atoms. The van der Waals surface area contributed by atoms with E-state index in [0.29, 0.717) is 48.6 Å². The molecule has 2 amide bonds. The number of aromatic hydroxyl groups is 1. The molecule has 0 atom stereocenters. The maximum atomic E-state index is 13.8. The van der Waals surface area contributed by atoms with Gasteiger partial charge in [-0.3, -0.25) is 9.59 Å². The molecule has 0 aliphatic rings. The third-order valence-electron chi connectivity index (χ3n) is 4.47. The summed E-state index contributed by atoms with van der Waals surface area (Å²) in [6.07, 6.45) is 1.24. The van der Waals surface area contributed by atoms with Gasteiger partial charge in [0.25, 0.3) is 5.91 Å². The third-order valence-corrected chi connectivity index (χ3v) is 4.47. The SMILES string of the molecule is O=C(CCc1ccc(-c2ccccc2F)o1)NCCCNC(=O)c1cccc(O)c1. The molecule has 0 aliphatic heterocycles. The molecule has 3 rings (SSSR count). The summed E-state index contributed by atoms with van der Waals surface area (Å²) in [5, 5.41) is 14.9. The minimum atomic E-state index is -0.354. The highest BCUT2D eigenvalue weighted by Crippen LogP contribution is 2.25. The number of aryl methyl sites for hydroxylation is 1. The van der Waals surface area contributed by atoms with Crippen LogP contribution in [0.3, 0.4) is 0 Å². The van der Waals surface area contributed by atoms with Gasteiger partial charge in [0.1, 0.15) is 23.1 Å². The monoisotopic (exact) mass is 410 g/mol. The summed E-state index contributed by atoms with van der Waals surface area (Å²) < 4.78 is 19.4. The minimum Gasteiger partial charge on any atom is -0.508 e. The number of halogens is 1. The third kappa shape index (κ3) is 5.94. The van der Waals surface area contributed by atoms with Crippen molar-refractivity contribution in [3.8, 4) is 17.1 Å². The van der Waals surface area contributed by atoms with Crippen molar-refractivity contribution in [3.63, 3.8) is 0 Å². The van der Waals surface area contributed by atoms with Crippen LogP contribution in [-0.4, -0.2) is 30.0 Å². The molecular formula is C23H23FN2O4. The zero-order valence-electron chi connectivity index (χ0n) is 16.4. The van der Waals surface area contributed by atoms with Crippen LogP contribution in [0, 0.1) is 5.82 Å². The molecule has 156 valence electrons. The first kappa shape index (κ1) is 21.1. The van der Waals surface area contributed by atoms with Crippen LogP contribution in [0.15, 0.2) is 65.1 Å². The number of hydrogen-bond acceptors (Lipinski definition) is 4. The van der Waals surface area contributed by atoms with Gasteiger partial charge in [0.05, 0.1) is 5.56 Å². The second kappa shape index (κ2) is 10.2. The number of phenolic OH excluding ortho intramolecular Hbond substituents is 1. The van der Waals surface area contributed by atoms with E-state index >= 15 is 0 Å². The number of nitrogens with one attached hydrogen (secondary N) is 2. The predicted octanol–water partition coefficient (Wildman–Crippen LogP) is 3.66. The summed E-state index contributed by atoms with van der Waals surface area (Å²) in [5.41, 5.74) is 0.771. The first-order valence-electron chi connectivity index (χ1n) is 9.70. The standard InChI is InChI=1S/C23H23FN2O4/c24-20-8-2-1-7-19(20)21-11-9-18(30-21)10-12-22(28)25-13-4-14-26-23(29)16-5-3-6-17(27)15-16/h1-3,5-9,11,15,27H,4,10,12-14H2,(H,25,28)(H,26,29). The van der Waals surface area contributed by atoms with Gasteiger partial charge in [-0.2, -0.15) is 0 Å². The molecule has 3 N–H and O–H groups in total. The second-order valence-electron chi connectivity index (χ2n) is 6.76. The molecule has 0 saturated heterocycles. The zero-order chi connectivity index (χ0) is 21.3. The van der Waals surface area contributed by atoms with Crippen molar-refractivity contribution in [2.75, 3.05) is 13.1 Å². The fraction of sp³-hybridized carbons (Fsp3) is 0.217. The molecule has 0 bridgehead atoms. The summed E-state index contributed by atoms with van der Waals surface area (Å²) in [4.78, 5) is 23.9. The highest BCUT2D eigenvalue weighted by Gasteiger charge is 2.10. The molecule has 0 aliphatic carbocycles. The Bertz CT molecular complexity index is 1020. The lowest BCUT2D eigenvalue weighted by Gasteiger charge is -2.07. The van der Waals surface area contributed by atoms with Crippen molar-refractivity contribution < 1.29 is 23.5 Å². The Morgan fingerprint density at radius 3 is 2.57 bits per heavy atom. The van der Waals surface area contributed by atoms with Gasteiger partial charge in [0, 0.05) is 31.5 Å². The average molecular weight is 410 g/mol. The van der Waals surface area contributed by atoms with Crippen molar-refractivity contribution in [2.24, 2.45) is 0 Å². The van der Waals surface area contributed by atoms with Crippen molar-refractivity contribution in [2.45, 2.75) is 19.3 Å². The van der Waals surface area contributed by atoms with Crippen LogP contribution in [0.2, 0.25) is 0 Å². The average Bonchev–Trinajstić information content (AvgIpc) is 3.21. The number of carbonyl (C=O) groups is 2. The van der Waals surface area contributed by atoms with Crippen molar-refractivity contribution >= 4 is 11.8 Å². The lowest BCUT2D eigenvalue weighted by molar-refractivity contribution is -0.121. The molecule has 0 spiro atoms. The molecular weight excluding hydrogens is 387 g/mol. The Morgan fingerprint density at radius 1 is 0.967 bits per heavy atom. The molecule has 3 aromatic rings. The fourth-order valence-electron chi connectivity index (χ4n) is 2.91. The van der Waals surface area contributed by atoms with Crippen LogP contribution in [0.4, 0.5) is 4.39 Å². The molecule has 0 unspecified atom stereocenters. The maximum Gasteiger partial charge on any atom is 0.251 e. The number of amides is 2. The zero-order valence-corrected chi connectivity index (χ0v) is 16.4. The van der Waals surface area contributed by atoms with Crippen molar-refractivity contribution in [3.05, 3.63) is 77.8 Å². The molecule has 1 aromatic heterocycles. The normalized spacial score (nSPS) is 10.6. The number of benzene rings is 2. The summed E-state index contributed by atoms with van der Waals surface area (Å²) in [7, 11) is 0. The predicted molar refractivity (Wildman–Crippen MR) is 110 cm³/mol. The van der Waals surface area contributed by atoms with Crippen molar-refractivity contribution in [1.29, 1.82) is 0 Å². The van der Waals surface area contributed by atoms with Gasteiger partial charge in [-0.15, -0.1) is 0 Å². The van der Waals surface area contributed by atoms with E-state index in [1.54, 1.807) is 42.5 Å². The number of rotatable bonds is 9. The van der Waals surface area contributed by atoms with Crippen LogP contribution >= 0.6 is 0 Å². The highest BCUT2D eigenvalue weighted by atomic mass is 19.1. The first-order chi connectivity index (χ1) is 14.5. The molecule has 6 nitrogen and oxygen atoms in total. The van der Waals surface area contributed by atoms with Crippen LogP contribution in [0.25, 0.3) is 11.3 Å². The van der Waals surface area contributed by atoms with E-state index in [2.05, 4.69) is 10.6 Å². The maximum absolute atomic E-state index is 13.8. The van der Waals surface area contributed by atoms with Gasteiger partial charge in [0.15, 0.2) is 0 Å². The fourth-order valence-corrected chi connectivity index (χ4v) is 2.91. The lowest BCUT2D eigenvalue weighted by atomic mass is 10.1. The highest BCUT2D eigenvalue weighted by molar-refractivity contribution is 5.94. The molecule has 1 heterocycles. The Labute approximate surface area is 173 Å². The minimum absolute atomic E-state index is 0.0347. The Hall–Kier alpha value is -3.61. The molecule has 0 fully saturated rings. The number of carbonyl (C=O) groups excluding carboxylic acids is 2. The van der Waals surface area contributed by atoms with E-state index in [-0.39, 0.29) is 29.8 Å². The van der Waals surface area contributed by atoms with Gasteiger partial charge in [-0.1, -0.05) is 18.2 Å². The van der Waals surface area contributed by atoms with E-state index < -0.39 is 0 Å².